The molecule has 0 aliphatic carbocycles. The van der Waals surface area contributed by atoms with Crippen molar-refractivity contribution in [2.45, 2.75) is 24.3 Å². The minimum absolute atomic E-state index is 0.464. The van der Waals surface area contributed by atoms with E-state index in [1.807, 2.05) is 32.0 Å². The Labute approximate surface area is 110 Å². The second kappa shape index (κ2) is 6.29. The Bertz CT molecular complexity index is 389. The van der Waals surface area contributed by atoms with Gasteiger partial charge in [-0.25, -0.2) is 0 Å². The van der Waals surface area contributed by atoms with E-state index in [9.17, 15) is 0 Å². The van der Waals surface area contributed by atoms with E-state index < -0.39 is 5.54 Å². The SMILES string of the molecule is CCNC(C)(C#N)CSc1ccccc1Br. The van der Waals surface area contributed by atoms with Crippen LogP contribution in [0.4, 0.5) is 0 Å². The van der Waals surface area contributed by atoms with Crippen LogP contribution >= 0.6 is 27.7 Å². The van der Waals surface area contributed by atoms with Gasteiger partial charge in [-0.05, 0) is 41.5 Å². The minimum Gasteiger partial charge on any atom is -0.299 e. The van der Waals surface area contributed by atoms with Gasteiger partial charge >= 0.3 is 0 Å². The molecule has 1 unspecified atom stereocenters. The molecule has 1 aromatic rings. The number of nitriles is 1. The lowest BCUT2D eigenvalue weighted by atomic mass is 10.1. The average Bonchev–Trinajstić information content (AvgIpc) is 2.28. The molecular weight excluding hydrogens is 284 g/mol. The molecule has 0 saturated heterocycles. The minimum atomic E-state index is -0.464. The summed E-state index contributed by atoms with van der Waals surface area (Å²) < 4.78 is 1.08. The van der Waals surface area contributed by atoms with Crippen molar-refractivity contribution in [2.24, 2.45) is 0 Å². The Morgan fingerprint density at radius 2 is 2.19 bits per heavy atom. The first-order valence-corrected chi connectivity index (χ1v) is 6.93. The third-order valence-electron chi connectivity index (χ3n) is 2.17. The summed E-state index contributed by atoms with van der Waals surface area (Å²) in [5.41, 5.74) is -0.464. The zero-order valence-corrected chi connectivity index (χ0v) is 11.9. The van der Waals surface area contributed by atoms with Gasteiger partial charge in [0.05, 0.1) is 6.07 Å². The Morgan fingerprint density at radius 1 is 1.50 bits per heavy atom. The predicted molar refractivity (Wildman–Crippen MR) is 72.6 cm³/mol. The third-order valence-corrected chi connectivity index (χ3v) is 4.51. The first kappa shape index (κ1) is 13.6. The first-order chi connectivity index (χ1) is 7.61. The first-order valence-electron chi connectivity index (χ1n) is 5.15. The number of benzene rings is 1. The van der Waals surface area contributed by atoms with Crippen molar-refractivity contribution >= 4 is 27.7 Å². The third kappa shape index (κ3) is 3.82. The molecule has 1 atom stereocenters. The topological polar surface area (TPSA) is 35.8 Å². The Hall–Kier alpha value is -0.500. The van der Waals surface area contributed by atoms with Crippen LogP contribution in [0, 0.1) is 11.3 Å². The summed E-state index contributed by atoms with van der Waals surface area (Å²) in [6.07, 6.45) is 0. The lowest BCUT2D eigenvalue weighted by Crippen LogP contribution is -2.43. The number of hydrogen-bond acceptors (Lipinski definition) is 3. The normalized spacial score (nSPS) is 14.1. The van der Waals surface area contributed by atoms with Crippen LogP contribution in [0.3, 0.4) is 0 Å². The summed E-state index contributed by atoms with van der Waals surface area (Å²) in [7, 11) is 0. The van der Waals surface area contributed by atoms with E-state index >= 15 is 0 Å². The molecule has 0 spiro atoms. The summed E-state index contributed by atoms with van der Waals surface area (Å²) in [4.78, 5) is 1.17. The van der Waals surface area contributed by atoms with Crippen molar-refractivity contribution in [1.82, 2.24) is 5.32 Å². The summed E-state index contributed by atoms with van der Waals surface area (Å²) in [5.74, 6) is 0.736. The van der Waals surface area contributed by atoms with Gasteiger partial charge in [-0.2, -0.15) is 5.26 Å². The van der Waals surface area contributed by atoms with Crippen LogP contribution in [0.1, 0.15) is 13.8 Å². The van der Waals surface area contributed by atoms with Crippen LogP contribution in [0.2, 0.25) is 0 Å². The van der Waals surface area contributed by atoms with Crippen molar-refractivity contribution < 1.29 is 0 Å². The van der Waals surface area contributed by atoms with Crippen molar-refractivity contribution in [3.05, 3.63) is 28.7 Å². The molecule has 1 N–H and O–H groups in total. The highest BCUT2D eigenvalue weighted by Gasteiger charge is 2.22. The second-order valence-electron chi connectivity index (χ2n) is 3.69. The zero-order chi connectivity index (χ0) is 12.0. The van der Waals surface area contributed by atoms with Gasteiger partial charge in [0.1, 0.15) is 5.54 Å². The fraction of sp³-hybridized carbons (Fsp3) is 0.417. The molecule has 0 heterocycles. The van der Waals surface area contributed by atoms with Crippen molar-refractivity contribution in [1.29, 1.82) is 5.26 Å². The molecule has 0 aromatic heterocycles. The van der Waals surface area contributed by atoms with E-state index in [0.29, 0.717) is 0 Å². The van der Waals surface area contributed by atoms with E-state index in [1.165, 1.54) is 4.90 Å². The fourth-order valence-electron chi connectivity index (χ4n) is 1.30. The van der Waals surface area contributed by atoms with Crippen LogP contribution in [0.25, 0.3) is 0 Å². The predicted octanol–water partition coefficient (Wildman–Crippen LogP) is 3.43. The molecule has 0 saturated carbocycles. The molecule has 0 fully saturated rings. The number of halogens is 1. The summed E-state index contributed by atoms with van der Waals surface area (Å²) in [6.45, 7) is 4.75. The summed E-state index contributed by atoms with van der Waals surface area (Å²) in [5, 5.41) is 12.3. The summed E-state index contributed by atoms with van der Waals surface area (Å²) >= 11 is 5.19. The molecule has 86 valence electrons. The Balaban J connectivity index is 2.64. The average molecular weight is 299 g/mol. The monoisotopic (exact) mass is 298 g/mol. The maximum Gasteiger partial charge on any atom is 0.113 e. The second-order valence-corrected chi connectivity index (χ2v) is 5.56. The van der Waals surface area contributed by atoms with Crippen LogP contribution in [0.15, 0.2) is 33.6 Å². The van der Waals surface area contributed by atoms with Gasteiger partial charge in [0.25, 0.3) is 0 Å². The quantitative estimate of drug-likeness (QED) is 0.846. The van der Waals surface area contributed by atoms with E-state index in [4.69, 9.17) is 5.26 Å². The van der Waals surface area contributed by atoms with Gasteiger partial charge in [0, 0.05) is 15.1 Å². The van der Waals surface area contributed by atoms with Gasteiger partial charge in [-0.3, -0.25) is 5.32 Å². The van der Waals surface area contributed by atoms with Crippen LogP contribution in [-0.2, 0) is 0 Å². The van der Waals surface area contributed by atoms with E-state index in [-0.39, 0.29) is 0 Å². The van der Waals surface area contributed by atoms with Gasteiger partial charge < -0.3 is 0 Å². The van der Waals surface area contributed by atoms with Gasteiger partial charge in [-0.1, -0.05) is 19.1 Å². The highest BCUT2D eigenvalue weighted by atomic mass is 79.9. The zero-order valence-electron chi connectivity index (χ0n) is 9.46. The highest BCUT2D eigenvalue weighted by molar-refractivity contribution is 9.10. The van der Waals surface area contributed by atoms with Crippen molar-refractivity contribution in [3.63, 3.8) is 0 Å². The van der Waals surface area contributed by atoms with Gasteiger partial charge in [0.2, 0.25) is 0 Å². The molecule has 0 aliphatic rings. The van der Waals surface area contributed by atoms with Crippen molar-refractivity contribution in [2.75, 3.05) is 12.3 Å². The standard InChI is InChI=1S/C12H15BrN2S/c1-3-15-12(2,8-14)9-16-11-7-5-4-6-10(11)13/h4-7,15H,3,9H2,1-2H3. The molecule has 1 rings (SSSR count). The van der Waals surface area contributed by atoms with Gasteiger partial charge in [0.15, 0.2) is 0 Å². The molecule has 2 nitrogen and oxygen atoms in total. The maximum absolute atomic E-state index is 9.13. The van der Waals surface area contributed by atoms with Crippen LogP contribution < -0.4 is 5.32 Å². The Morgan fingerprint density at radius 3 is 2.75 bits per heavy atom. The number of hydrogen-bond donors (Lipinski definition) is 1. The summed E-state index contributed by atoms with van der Waals surface area (Å²) in [6, 6.07) is 10.4. The lowest BCUT2D eigenvalue weighted by Gasteiger charge is -2.22. The number of thioether (sulfide) groups is 1. The molecule has 0 radical (unpaired) electrons. The van der Waals surface area contributed by atoms with Crippen LogP contribution in [0.5, 0.6) is 0 Å². The van der Waals surface area contributed by atoms with Crippen LogP contribution in [-0.4, -0.2) is 17.8 Å². The lowest BCUT2D eigenvalue weighted by molar-refractivity contribution is 0.511. The molecule has 16 heavy (non-hydrogen) atoms. The number of nitrogens with zero attached hydrogens (tertiary/aromatic N) is 1. The molecule has 4 heteroatoms. The molecule has 1 aromatic carbocycles. The fourth-order valence-corrected chi connectivity index (χ4v) is 2.92. The molecule has 0 aliphatic heterocycles. The molecule has 0 amide bonds. The maximum atomic E-state index is 9.13. The highest BCUT2D eigenvalue weighted by Crippen LogP contribution is 2.29. The van der Waals surface area contributed by atoms with E-state index in [1.54, 1.807) is 11.8 Å². The molecular formula is C12H15BrN2S. The molecule has 0 bridgehead atoms. The Kier molecular flexibility index (Phi) is 5.33. The van der Waals surface area contributed by atoms with Crippen molar-refractivity contribution in [3.8, 4) is 6.07 Å². The van der Waals surface area contributed by atoms with E-state index in [0.717, 1.165) is 16.8 Å². The number of nitrogens with one attached hydrogen (secondary N) is 1. The number of rotatable bonds is 5. The van der Waals surface area contributed by atoms with Gasteiger partial charge in [-0.15, -0.1) is 11.8 Å². The largest absolute Gasteiger partial charge is 0.299 e. The smallest absolute Gasteiger partial charge is 0.113 e. The van der Waals surface area contributed by atoms with E-state index in [2.05, 4.69) is 33.4 Å².